The van der Waals surface area contributed by atoms with Crippen LogP contribution in [0.25, 0.3) is 0 Å². The zero-order chi connectivity index (χ0) is 40.9. The maximum Gasteiger partial charge on any atom is 0.459 e. The number of hydrogen-bond donors (Lipinski definition) is 3. The molecule has 1 saturated heterocycles. The zero-order valence-electron chi connectivity index (χ0n) is 33.1. The number of anilines is 1. The summed E-state index contributed by atoms with van der Waals surface area (Å²) in [5.74, 6) is -1.97. The molecule has 0 saturated carbocycles. The first-order valence-electron chi connectivity index (χ1n) is 20.2. The van der Waals surface area contributed by atoms with Crippen LogP contribution < -0.4 is 20.6 Å². The van der Waals surface area contributed by atoms with Gasteiger partial charge in [-0.25, -0.2) is 9.36 Å². The van der Waals surface area contributed by atoms with Gasteiger partial charge in [0.05, 0.1) is 12.7 Å². The number of amides is 1. The minimum Gasteiger partial charge on any atom is -0.460 e. The second-order valence-corrected chi connectivity index (χ2v) is 16.1. The van der Waals surface area contributed by atoms with E-state index >= 15 is 0 Å². The number of nitrogens with zero attached hydrogens (tertiary/aromatic N) is 3. The monoisotopic (exact) mass is 807 g/mol. The van der Waals surface area contributed by atoms with Crippen LogP contribution in [0.4, 0.5) is 5.82 Å². The molecule has 0 spiro atoms. The average molecular weight is 808 g/mol. The highest BCUT2D eigenvalue weighted by Crippen LogP contribution is 2.46. The van der Waals surface area contributed by atoms with E-state index in [-0.39, 0.29) is 24.1 Å². The summed E-state index contributed by atoms with van der Waals surface area (Å²) in [6, 6.07) is 19.4. The number of aromatic nitrogens is 2. The van der Waals surface area contributed by atoms with Crippen LogP contribution in [0.15, 0.2) is 77.7 Å². The Bertz CT molecular complexity index is 1810. The quantitative estimate of drug-likeness (QED) is 0.0403. The molecular formula is C42H58N5O9P. The number of rotatable bonds is 26. The van der Waals surface area contributed by atoms with Crippen molar-refractivity contribution in [3.05, 3.63) is 89.0 Å². The molecule has 1 aliphatic rings. The van der Waals surface area contributed by atoms with E-state index in [0.717, 1.165) is 35.8 Å². The van der Waals surface area contributed by atoms with Crippen LogP contribution in [0.3, 0.4) is 0 Å². The molecule has 4 rings (SSSR count). The highest BCUT2D eigenvalue weighted by molar-refractivity contribution is 7.52. The Balaban J connectivity index is 1.26. The lowest BCUT2D eigenvalue weighted by molar-refractivity contribution is -0.146. The van der Waals surface area contributed by atoms with Crippen molar-refractivity contribution < 1.29 is 37.8 Å². The Hall–Kier alpha value is -4.38. The number of aliphatic hydroxyl groups excluding tert-OH is 1. The van der Waals surface area contributed by atoms with Gasteiger partial charge in [0.1, 0.15) is 42.3 Å². The predicted octanol–water partition coefficient (Wildman–Crippen LogP) is 7.99. The molecule has 0 aliphatic carbocycles. The summed E-state index contributed by atoms with van der Waals surface area (Å²) in [6.45, 7) is 3.12. The molecular weight excluding hydrogens is 749 g/mol. The van der Waals surface area contributed by atoms with Crippen LogP contribution in [-0.2, 0) is 34.8 Å². The highest BCUT2D eigenvalue weighted by atomic mass is 31.2. The van der Waals surface area contributed by atoms with E-state index in [1.807, 2.05) is 24.3 Å². The number of para-hydroxylation sites is 1. The van der Waals surface area contributed by atoms with E-state index in [9.17, 15) is 29.3 Å². The molecule has 0 bridgehead atoms. The smallest absolute Gasteiger partial charge is 0.459 e. The molecule has 2 heterocycles. The number of benzene rings is 2. The van der Waals surface area contributed by atoms with Crippen molar-refractivity contribution in [3.63, 3.8) is 0 Å². The minimum absolute atomic E-state index is 0.00345. The van der Waals surface area contributed by atoms with Crippen LogP contribution in [0.2, 0.25) is 0 Å². The number of nitrogens with one attached hydrogen (secondary N) is 2. The maximum absolute atomic E-state index is 14.0. The summed E-state index contributed by atoms with van der Waals surface area (Å²) in [4.78, 5) is 42.5. The number of aliphatic hydroxyl groups is 1. The summed E-state index contributed by atoms with van der Waals surface area (Å²) >= 11 is 0. The fraction of sp³-hybridized carbons (Fsp3) is 0.548. The van der Waals surface area contributed by atoms with E-state index in [2.05, 4.69) is 22.3 Å². The van der Waals surface area contributed by atoms with Crippen molar-refractivity contribution in [2.75, 3.05) is 11.9 Å². The van der Waals surface area contributed by atoms with Crippen molar-refractivity contribution in [2.45, 2.75) is 135 Å². The van der Waals surface area contributed by atoms with Crippen LogP contribution >= 0.6 is 7.75 Å². The van der Waals surface area contributed by atoms with Gasteiger partial charge in [-0.2, -0.15) is 15.3 Å². The van der Waals surface area contributed by atoms with Gasteiger partial charge in [0.15, 0.2) is 6.23 Å². The summed E-state index contributed by atoms with van der Waals surface area (Å²) < 4.78 is 37.8. The minimum atomic E-state index is -4.35. The SMILES string of the molecule is CCCCCCCCCCCCCCCC(=O)Nc1ccn([C@@H]2O[C@H](COP(=O)(N[C@@H](C)C(=O)OCc3ccccc3)Oc3ccccc3)[C@@H](O)[C@@H]2C#N)c(=O)n1. The van der Waals surface area contributed by atoms with E-state index in [1.165, 1.54) is 77.0 Å². The second-order valence-electron chi connectivity index (χ2n) is 14.4. The summed E-state index contributed by atoms with van der Waals surface area (Å²) in [5, 5.41) is 26.2. The topological polar surface area (TPSA) is 191 Å². The van der Waals surface area contributed by atoms with E-state index in [1.54, 1.807) is 42.5 Å². The van der Waals surface area contributed by atoms with Gasteiger partial charge in [0, 0.05) is 12.6 Å². The average Bonchev–Trinajstić information content (AvgIpc) is 3.52. The van der Waals surface area contributed by atoms with Crippen LogP contribution in [0.5, 0.6) is 5.75 Å². The Morgan fingerprint density at radius 2 is 1.53 bits per heavy atom. The number of carbonyl (C=O) groups is 2. The molecule has 310 valence electrons. The van der Waals surface area contributed by atoms with E-state index < -0.39 is 56.4 Å². The van der Waals surface area contributed by atoms with Gasteiger partial charge in [0.25, 0.3) is 0 Å². The molecule has 57 heavy (non-hydrogen) atoms. The summed E-state index contributed by atoms with van der Waals surface area (Å²) in [7, 11) is -4.35. The van der Waals surface area contributed by atoms with Gasteiger partial charge >= 0.3 is 19.4 Å². The summed E-state index contributed by atoms with van der Waals surface area (Å²) in [6.07, 6.45) is 13.3. The van der Waals surface area contributed by atoms with Crippen molar-refractivity contribution in [1.82, 2.24) is 14.6 Å². The van der Waals surface area contributed by atoms with Crippen LogP contribution in [0, 0.1) is 17.2 Å². The predicted molar refractivity (Wildman–Crippen MR) is 216 cm³/mol. The van der Waals surface area contributed by atoms with Crippen LogP contribution in [-0.4, -0.2) is 51.4 Å². The van der Waals surface area contributed by atoms with E-state index in [4.69, 9.17) is 18.5 Å². The number of nitriles is 1. The highest BCUT2D eigenvalue weighted by Gasteiger charge is 2.47. The number of hydrogen-bond acceptors (Lipinski definition) is 11. The van der Waals surface area contributed by atoms with Crippen molar-refractivity contribution >= 4 is 25.4 Å². The zero-order valence-corrected chi connectivity index (χ0v) is 34.0. The number of ether oxygens (including phenoxy) is 2. The lowest BCUT2D eigenvalue weighted by Gasteiger charge is -2.24. The molecule has 15 heteroatoms. The first-order chi connectivity index (χ1) is 27.6. The number of esters is 1. The van der Waals surface area contributed by atoms with Gasteiger partial charge in [-0.3, -0.25) is 18.7 Å². The van der Waals surface area contributed by atoms with Crippen molar-refractivity contribution in [1.29, 1.82) is 5.26 Å². The Labute approximate surface area is 335 Å². The van der Waals surface area contributed by atoms with Crippen LogP contribution in [0.1, 0.15) is 116 Å². The molecule has 6 atom stereocenters. The van der Waals surface area contributed by atoms with Gasteiger partial charge in [-0.05, 0) is 37.1 Å². The molecule has 0 radical (unpaired) electrons. The Morgan fingerprint density at radius 1 is 0.930 bits per heavy atom. The molecule has 2 aromatic carbocycles. The lowest BCUT2D eigenvalue weighted by Crippen LogP contribution is -2.36. The Morgan fingerprint density at radius 3 is 2.12 bits per heavy atom. The Kier molecular flexibility index (Phi) is 19.4. The third-order valence-corrected chi connectivity index (χ3v) is 11.3. The first kappa shape index (κ1) is 45.3. The molecule has 1 unspecified atom stereocenters. The standard InChI is InChI=1S/C42H58N5O9P/c1-3-4-5-6-7-8-9-10-11-12-13-14-21-26-38(48)44-37-27-28-47(42(51)45-37)40-35(29-43)39(49)36(55-40)31-54-57(52,56-34-24-19-16-20-25-34)46-32(2)41(50)53-30-33-22-17-15-18-23-33/h15-20,22-25,27-28,32,35-36,39-40,49H,3-14,21,26,30-31H2,1-2H3,(H,46,52)(H,44,45,48,51)/t32-,35-,36+,39-,40+,57?/m0/s1. The molecule has 1 aromatic heterocycles. The summed E-state index contributed by atoms with van der Waals surface area (Å²) in [5.41, 5.74) is -0.0451. The molecule has 1 fully saturated rings. The van der Waals surface area contributed by atoms with Crippen molar-refractivity contribution in [3.8, 4) is 11.8 Å². The van der Waals surface area contributed by atoms with E-state index in [0.29, 0.717) is 6.42 Å². The maximum atomic E-state index is 14.0. The van der Waals surface area contributed by atoms with Crippen molar-refractivity contribution in [2.24, 2.45) is 5.92 Å². The molecule has 1 amide bonds. The number of unbranched alkanes of at least 4 members (excludes halogenated alkanes) is 12. The third kappa shape index (κ3) is 15.5. The van der Waals surface area contributed by atoms with Gasteiger partial charge in [0.2, 0.25) is 5.91 Å². The normalized spacial score (nSPS) is 19.3. The largest absolute Gasteiger partial charge is 0.460 e. The van der Waals surface area contributed by atoms with Gasteiger partial charge in [-0.15, -0.1) is 0 Å². The molecule has 1 aliphatic heterocycles. The second kappa shape index (κ2) is 24.4. The first-order valence-corrected chi connectivity index (χ1v) is 21.8. The molecule has 14 nitrogen and oxygen atoms in total. The lowest BCUT2D eigenvalue weighted by atomic mass is 10.0. The molecule has 3 aromatic rings. The molecule has 3 N–H and O–H groups in total. The fourth-order valence-electron chi connectivity index (χ4n) is 6.47. The number of carbonyl (C=O) groups excluding carboxylic acids is 2. The van der Waals surface area contributed by atoms with Gasteiger partial charge < -0.3 is 24.4 Å². The third-order valence-electron chi connectivity index (χ3n) is 9.71. The fourth-order valence-corrected chi connectivity index (χ4v) is 7.97. The van der Waals surface area contributed by atoms with Gasteiger partial charge in [-0.1, -0.05) is 133 Å².